The number of aryl methyl sites for hydroxylation is 1. The zero-order valence-corrected chi connectivity index (χ0v) is 11.6. The minimum Gasteiger partial charge on any atom is -0.319 e. The fourth-order valence-corrected chi connectivity index (χ4v) is 2.44. The quantitative estimate of drug-likeness (QED) is 0.894. The molecule has 0 atom stereocenters. The summed E-state index contributed by atoms with van der Waals surface area (Å²) in [6.07, 6.45) is 2.77. The number of nitrogens with one attached hydrogen (secondary N) is 2. The van der Waals surface area contributed by atoms with Gasteiger partial charge >= 0.3 is 0 Å². The number of amides is 2. The number of aromatic amines is 1. The summed E-state index contributed by atoms with van der Waals surface area (Å²) in [6.45, 7) is 2.68. The van der Waals surface area contributed by atoms with Gasteiger partial charge in [-0.2, -0.15) is 5.10 Å². The number of benzene rings is 1. The lowest BCUT2D eigenvalue weighted by Crippen LogP contribution is -2.24. The van der Waals surface area contributed by atoms with Gasteiger partial charge in [0.05, 0.1) is 0 Å². The highest BCUT2D eigenvalue weighted by molar-refractivity contribution is 6.02. The van der Waals surface area contributed by atoms with E-state index >= 15 is 0 Å². The fraction of sp³-hybridized carbons (Fsp3) is 0.286. The summed E-state index contributed by atoms with van der Waals surface area (Å²) in [5.41, 5.74) is 2.50. The lowest BCUT2D eigenvalue weighted by molar-refractivity contribution is -0.117. The summed E-state index contributed by atoms with van der Waals surface area (Å²) in [5.74, 6) is -0.0418. The molecule has 2 aromatic rings. The Morgan fingerprint density at radius 1 is 1.43 bits per heavy atom. The third kappa shape index (κ3) is 2.62. The Labute approximate surface area is 121 Å². The van der Waals surface area contributed by atoms with E-state index in [1.54, 1.807) is 11.0 Å². The van der Waals surface area contributed by atoms with Crippen LogP contribution in [-0.2, 0) is 4.79 Å². The Kier molecular flexibility index (Phi) is 3.39. The molecule has 1 fully saturated rings. The number of anilines is 2. The van der Waals surface area contributed by atoms with Crippen LogP contribution in [0.4, 0.5) is 11.4 Å². The molecule has 0 aliphatic carbocycles. The normalized spacial score (nSPS) is 14.5. The van der Waals surface area contributed by atoms with Crippen LogP contribution in [0, 0.1) is 6.92 Å². The number of carbonyl (C=O) groups excluding carboxylic acids is 2. The zero-order valence-electron chi connectivity index (χ0n) is 11.6. The first-order valence-corrected chi connectivity index (χ1v) is 6.73. The molecule has 7 heteroatoms. The van der Waals surface area contributed by atoms with E-state index in [2.05, 4.69) is 20.5 Å². The average molecular weight is 285 g/mol. The summed E-state index contributed by atoms with van der Waals surface area (Å²) in [6, 6.07) is 5.48. The molecule has 0 bridgehead atoms. The molecule has 3 rings (SSSR count). The molecule has 0 spiro atoms. The number of carbonyl (C=O) groups is 2. The molecular weight excluding hydrogens is 270 g/mol. The molecule has 21 heavy (non-hydrogen) atoms. The van der Waals surface area contributed by atoms with E-state index in [1.807, 2.05) is 19.1 Å². The van der Waals surface area contributed by atoms with Crippen molar-refractivity contribution in [3.05, 3.63) is 35.9 Å². The number of hydrogen-bond donors (Lipinski definition) is 2. The summed E-state index contributed by atoms with van der Waals surface area (Å²) in [4.78, 5) is 29.2. The molecule has 0 saturated carbocycles. The van der Waals surface area contributed by atoms with Crippen molar-refractivity contribution in [2.75, 3.05) is 16.8 Å². The predicted octanol–water partition coefficient (Wildman–Crippen LogP) is 1.49. The second kappa shape index (κ2) is 5.35. The van der Waals surface area contributed by atoms with E-state index in [-0.39, 0.29) is 17.6 Å². The van der Waals surface area contributed by atoms with E-state index in [0.717, 1.165) is 24.2 Å². The maximum Gasteiger partial charge on any atom is 0.292 e. The maximum absolute atomic E-state index is 11.9. The van der Waals surface area contributed by atoms with Crippen LogP contribution in [-0.4, -0.2) is 33.5 Å². The molecule has 1 aliphatic heterocycles. The van der Waals surface area contributed by atoms with Crippen LogP contribution in [0.25, 0.3) is 0 Å². The molecule has 108 valence electrons. The molecule has 0 unspecified atom stereocenters. The third-order valence-corrected chi connectivity index (χ3v) is 3.45. The van der Waals surface area contributed by atoms with Gasteiger partial charge < -0.3 is 10.2 Å². The van der Waals surface area contributed by atoms with Gasteiger partial charge in [-0.25, -0.2) is 4.98 Å². The first-order chi connectivity index (χ1) is 10.1. The minimum absolute atomic E-state index is 0.150. The van der Waals surface area contributed by atoms with Crippen molar-refractivity contribution < 1.29 is 9.59 Å². The van der Waals surface area contributed by atoms with Crippen LogP contribution in [0.3, 0.4) is 0 Å². The lowest BCUT2D eigenvalue weighted by atomic mass is 10.1. The van der Waals surface area contributed by atoms with Crippen LogP contribution in [0.15, 0.2) is 24.5 Å². The highest BCUT2D eigenvalue weighted by Gasteiger charge is 2.23. The monoisotopic (exact) mass is 285 g/mol. The van der Waals surface area contributed by atoms with Crippen molar-refractivity contribution in [3.8, 4) is 0 Å². The highest BCUT2D eigenvalue weighted by Crippen LogP contribution is 2.27. The number of hydrogen-bond acceptors (Lipinski definition) is 4. The number of nitrogens with zero attached hydrogens (tertiary/aromatic N) is 3. The Bertz CT molecular complexity index is 681. The van der Waals surface area contributed by atoms with E-state index in [9.17, 15) is 9.59 Å². The van der Waals surface area contributed by atoms with E-state index in [1.165, 1.54) is 6.33 Å². The maximum atomic E-state index is 11.9. The first kappa shape index (κ1) is 13.3. The van der Waals surface area contributed by atoms with Crippen LogP contribution >= 0.6 is 0 Å². The van der Waals surface area contributed by atoms with E-state index < -0.39 is 0 Å². The summed E-state index contributed by atoms with van der Waals surface area (Å²) in [5, 5.41) is 8.88. The molecule has 1 aromatic heterocycles. The van der Waals surface area contributed by atoms with Gasteiger partial charge in [-0.05, 0) is 37.1 Å². The predicted molar refractivity (Wildman–Crippen MR) is 77.1 cm³/mol. The second-order valence-corrected chi connectivity index (χ2v) is 4.94. The Morgan fingerprint density at radius 3 is 2.90 bits per heavy atom. The van der Waals surface area contributed by atoms with Crippen LogP contribution in [0.1, 0.15) is 29.0 Å². The number of aromatic nitrogens is 3. The Balaban J connectivity index is 1.78. The van der Waals surface area contributed by atoms with Crippen LogP contribution in [0.5, 0.6) is 0 Å². The molecule has 0 radical (unpaired) electrons. The summed E-state index contributed by atoms with van der Waals surface area (Å²) < 4.78 is 0. The smallest absolute Gasteiger partial charge is 0.292 e. The van der Waals surface area contributed by atoms with Crippen LogP contribution < -0.4 is 10.2 Å². The van der Waals surface area contributed by atoms with Crippen molar-refractivity contribution in [3.63, 3.8) is 0 Å². The highest BCUT2D eigenvalue weighted by atomic mass is 16.2. The Morgan fingerprint density at radius 2 is 2.29 bits per heavy atom. The molecular formula is C14H15N5O2. The van der Waals surface area contributed by atoms with Crippen molar-refractivity contribution in [2.24, 2.45) is 0 Å². The summed E-state index contributed by atoms with van der Waals surface area (Å²) >= 11 is 0. The van der Waals surface area contributed by atoms with Crippen molar-refractivity contribution in [1.29, 1.82) is 0 Å². The third-order valence-electron chi connectivity index (χ3n) is 3.45. The van der Waals surface area contributed by atoms with Gasteiger partial charge in [0.1, 0.15) is 6.33 Å². The SMILES string of the molecule is Cc1cc(NC(=O)c2ncn[nH]2)ccc1N1CCCC1=O. The van der Waals surface area contributed by atoms with Gasteiger partial charge in [-0.15, -0.1) is 0 Å². The van der Waals surface area contributed by atoms with Crippen LogP contribution in [0.2, 0.25) is 0 Å². The van der Waals surface area contributed by atoms with Gasteiger partial charge in [-0.3, -0.25) is 14.7 Å². The van der Waals surface area contributed by atoms with Gasteiger partial charge in [0.2, 0.25) is 11.7 Å². The summed E-state index contributed by atoms with van der Waals surface area (Å²) in [7, 11) is 0. The lowest BCUT2D eigenvalue weighted by Gasteiger charge is -2.19. The number of H-pyrrole nitrogens is 1. The first-order valence-electron chi connectivity index (χ1n) is 6.73. The van der Waals surface area contributed by atoms with Crippen molar-refractivity contribution in [1.82, 2.24) is 15.2 Å². The second-order valence-electron chi connectivity index (χ2n) is 4.94. The minimum atomic E-state index is -0.350. The van der Waals surface area contributed by atoms with Gasteiger partial charge in [0.15, 0.2) is 0 Å². The molecule has 2 heterocycles. The van der Waals surface area contributed by atoms with Gasteiger partial charge in [-0.1, -0.05) is 0 Å². The Hall–Kier alpha value is -2.70. The fourth-order valence-electron chi connectivity index (χ4n) is 2.44. The molecule has 1 aliphatic rings. The average Bonchev–Trinajstić information content (AvgIpc) is 3.10. The zero-order chi connectivity index (χ0) is 14.8. The topological polar surface area (TPSA) is 91.0 Å². The molecule has 1 aromatic carbocycles. The molecule has 1 saturated heterocycles. The largest absolute Gasteiger partial charge is 0.319 e. The number of rotatable bonds is 3. The molecule has 7 nitrogen and oxygen atoms in total. The van der Waals surface area contributed by atoms with E-state index in [0.29, 0.717) is 12.1 Å². The van der Waals surface area contributed by atoms with Crippen molar-refractivity contribution >= 4 is 23.2 Å². The van der Waals surface area contributed by atoms with Gasteiger partial charge in [0, 0.05) is 24.3 Å². The van der Waals surface area contributed by atoms with E-state index in [4.69, 9.17) is 0 Å². The molecule has 2 amide bonds. The van der Waals surface area contributed by atoms with Crippen molar-refractivity contribution in [2.45, 2.75) is 19.8 Å². The van der Waals surface area contributed by atoms with Gasteiger partial charge in [0.25, 0.3) is 5.91 Å². The molecule has 2 N–H and O–H groups in total. The standard InChI is InChI=1S/C14H15N5O2/c1-9-7-10(17-14(21)13-15-8-16-18-13)4-5-11(9)19-6-2-3-12(19)20/h4-5,7-8H,2-3,6H2,1H3,(H,17,21)(H,15,16,18).